The number of rotatable bonds is 4. The fraction of sp³-hybridized carbons (Fsp3) is 0.417. The van der Waals surface area contributed by atoms with Crippen LogP contribution in [0, 0.1) is 0 Å². The first-order valence-electron chi connectivity index (χ1n) is 5.47. The molecule has 0 spiro atoms. The number of carbonyl (C=O) groups excluding carboxylic acids is 1. The Balaban J connectivity index is 2.69. The van der Waals surface area contributed by atoms with E-state index >= 15 is 0 Å². The van der Waals surface area contributed by atoms with Crippen molar-refractivity contribution in [2.24, 2.45) is 4.99 Å². The summed E-state index contributed by atoms with van der Waals surface area (Å²) in [6.07, 6.45) is 2.57. The van der Waals surface area contributed by atoms with Gasteiger partial charge in [0.05, 0.1) is 17.6 Å². The molecule has 1 heterocycles. The van der Waals surface area contributed by atoms with E-state index in [4.69, 9.17) is 4.42 Å². The van der Waals surface area contributed by atoms with Gasteiger partial charge in [-0.25, -0.2) is 4.98 Å². The van der Waals surface area contributed by atoms with Gasteiger partial charge in [-0.3, -0.25) is 9.79 Å². The summed E-state index contributed by atoms with van der Waals surface area (Å²) in [5.74, 6) is 0.547. The molecule has 0 bridgehead atoms. The smallest absolute Gasteiger partial charge is 0.289 e. The number of nitrogens with zero attached hydrogens (tertiary/aromatic N) is 2. The van der Waals surface area contributed by atoms with Crippen molar-refractivity contribution in [1.29, 1.82) is 0 Å². The molecule has 1 aromatic heterocycles. The van der Waals surface area contributed by atoms with E-state index in [0.717, 1.165) is 5.84 Å². The molecule has 6 heteroatoms. The standard InChI is InChI=1S/C12H18N4O2/c1-8(15-9(2)13-5)12(3,4)16-11(17)10-6-14-7-18-10/h6-7H,1H2,2-5H3,(H,13,15)(H,16,17). The zero-order valence-electron chi connectivity index (χ0n) is 11.1. The van der Waals surface area contributed by atoms with E-state index in [1.54, 1.807) is 7.05 Å². The lowest BCUT2D eigenvalue weighted by Crippen LogP contribution is -2.48. The van der Waals surface area contributed by atoms with Gasteiger partial charge >= 0.3 is 0 Å². The quantitative estimate of drug-likeness (QED) is 0.624. The molecule has 0 radical (unpaired) electrons. The van der Waals surface area contributed by atoms with Crippen molar-refractivity contribution >= 4 is 11.7 Å². The van der Waals surface area contributed by atoms with Gasteiger partial charge in [-0.05, 0) is 20.8 Å². The maximum atomic E-state index is 11.8. The largest absolute Gasteiger partial charge is 0.438 e. The van der Waals surface area contributed by atoms with Gasteiger partial charge < -0.3 is 15.1 Å². The van der Waals surface area contributed by atoms with E-state index in [9.17, 15) is 4.79 Å². The van der Waals surface area contributed by atoms with E-state index in [0.29, 0.717) is 5.70 Å². The molecule has 1 aromatic rings. The lowest BCUT2D eigenvalue weighted by atomic mass is 10.0. The second kappa shape index (κ2) is 5.48. The Morgan fingerprint density at radius 2 is 2.22 bits per heavy atom. The van der Waals surface area contributed by atoms with E-state index in [2.05, 4.69) is 27.2 Å². The highest BCUT2D eigenvalue weighted by molar-refractivity contribution is 5.92. The average molecular weight is 250 g/mol. The van der Waals surface area contributed by atoms with Crippen molar-refractivity contribution in [3.63, 3.8) is 0 Å². The molecule has 0 aromatic carbocycles. The Kier molecular flexibility index (Phi) is 4.25. The normalized spacial score (nSPS) is 12.1. The summed E-state index contributed by atoms with van der Waals surface area (Å²) in [6, 6.07) is 0. The number of amides is 1. The van der Waals surface area contributed by atoms with Crippen molar-refractivity contribution in [3.8, 4) is 0 Å². The minimum atomic E-state index is -0.643. The molecular formula is C12H18N4O2. The highest BCUT2D eigenvalue weighted by Crippen LogP contribution is 2.12. The fourth-order valence-corrected chi connectivity index (χ4v) is 1.18. The summed E-state index contributed by atoms with van der Waals surface area (Å²) < 4.78 is 4.93. The molecule has 2 N–H and O–H groups in total. The van der Waals surface area contributed by atoms with Gasteiger partial charge in [0.15, 0.2) is 6.39 Å². The van der Waals surface area contributed by atoms with Crippen LogP contribution in [0.15, 0.2) is 34.3 Å². The van der Waals surface area contributed by atoms with Crippen LogP contribution in [0.25, 0.3) is 0 Å². The molecule has 0 aliphatic heterocycles. The van der Waals surface area contributed by atoms with E-state index in [-0.39, 0.29) is 11.7 Å². The predicted octanol–water partition coefficient (Wildman–Crippen LogP) is 1.33. The fourth-order valence-electron chi connectivity index (χ4n) is 1.18. The Bertz CT molecular complexity index is 460. The molecule has 0 aliphatic rings. The second-order valence-electron chi connectivity index (χ2n) is 4.36. The molecule has 1 amide bonds. The van der Waals surface area contributed by atoms with Crippen LogP contribution in [0.5, 0.6) is 0 Å². The zero-order chi connectivity index (χ0) is 13.8. The Morgan fingerprint density at radius 1 is 1.56 bits per heavy atom. The van der Waals surface area contributed by atoms with Crippen molar-refractivity contribution in [2.75, 3.05) is 7.05 Å². The minimum absolute atomic E-state index is 0.164. The summed E-state index contributed by atoms with van der Waals surface area (Å²) >= 11 is 0. The molecule has 98 valence electrons. The number of nitrogens with one attached hydrogen (secondary N) is 2. The van der Waals surface area contributed by atoms with Crippen molar-refractivity contribution in [1.82, 2.24) is 15.6 Å². The number of amidine groups is 1. The summed E-state index contributed by atoms with van der Waals surface area (Å²) in [7, 11) is 1.68. The lowest BCUT2D eigenvalue weighted by molar-refractivity contribution is 0.0894. The van der Waals surface area contributed by atoms with Crippen LogP contribution in [0.1, 0.15) is 31.3 Å². The van der Waals surface area contributed by atoms with Gasteiger partial charge in [-0.2, -0.15) is 0 Å². The SMILES string of the molecule is C=C(NC(C)=NC)C(C)(C)NC(=O)c1cnco1. The van der Waals surface area contributed by atoms with Gasteiger partial charge in [-0.1, -0.05) is 6.58 Å². The van der Waals surface area contributed by atoms with Crippen molar-refractivity contribution < 1.29 is 9.21 Å². The zero-order valence-corrected chi connectivity index (χ0v) is 11.1. The summed E-state index contributed by atoms with van der Waals surface area (Å²) in [6.45, 7) is 9.38. The Hall–Kier alpha value is -2.11. The van der Waals surface area contributed by atoms with Gasteiger partial charge in [0, 0.05) is 12.7 Å². The summed E-state index contributed by atoms with van der Waals surface area (Å²) in [5, 5.41) is 5.81. The second-order valence-corrected chi connectivity index (χ2v) is 4.36. The number of aromatic nitrogens is 1. The maximum Gasteiger partial charge on any atom is 0.289 e. The first-order chi connectivity index (χ1) is 8.36. The van der Waals surface area contributed by atoms with Gasteiger partial charge in [0.25, 0.3) is 5.91 Å². The maximum absolute atomic E-state index is 11.8. The molecule has 0 aliphatic carbocycles. The van der Waals surface area contributed by atoms with Crippen LogP contribution in [-0.4, -0.2) is 29.3 Å². The van der Waals surface area contributed by atoms with E-state index in [1.807, 2.05) is 20.8 Å². The van der Waals surface area contributed by atoms with Crippen molar-refractivity contribution in [2.45, 2.75) is 26.3 Å². The third-order valence-electron chi connectivity index (χ3n) is 2.50. The average Bonchev–Trinajstić information content (AvgIpc) is 2.81. The van der Waals surface area contributed by atoms with Gasteiger partial charge in [0.2, 0.25) is 5.76 Å². The number of carbonyl (C=O) groups is 1. The molecule has 0 unspecified atom stereocenters. The van der Waals surface area contributed by atoms with Gasteiger partial charge in [0.1, 0.15) is 0 Å². The van der Waals surface area contributed by atoms with Crippen LogP contribution in [-0.2, 0) is 0 Å². The Labute approximate surface area is 106 Å². The highest BCUT2D eigenvalue weighted by Gasteiger charge is 2.26. The molecule has 0 saturated heterocycles. The molecular weight excluding hydrogens is 232 g/mol. The van der Waals surface area contributed by atoms with Crippen LogP contribution in [0.4, 0.5) is 0 Å². The third kappa shape index (κ3) is 3.44. The number of hydrogen-bond donors (Lipinski definition) is 2. The lowest BCUT2D eigenvalue weighted by Gasteiger charge is -2.28. The molecule has 1 rings (SSSR count). The summed E-state index contributed by atoms with van der Waals surface area (Å²) in [4.78, 5) is 19.5. The molecule has 18 heavy (non-hydrogen) atoms. The molecule has 0 saturated carbocycles. The van der Waals surface area contributed by atoms with E-state index < -0.39 is 5.54 Å². The topological polar surface area (TPSA) is 79.5 Å². The third-order valence-corrected chi connectivity index (χ3v) is 2.50. The monoisotopic (exact) mass is 250 g/mol. The number of oxazole rings is 1. The van der Waals surface area contributed by atoms with Crippen LogP contribution >= 0.6 is 0 Å². The number of hydrogen-bond acceptors (Lipinski definition) is 4. The molecule has 0 fully saturated rings. The first-order valence-corrected chi connectivity index (χ1v) is 5.47. The van der Waals surface area contributed by atoms with Crippen LogP contribution in [0.3, 0.4) is 0 Å². The minimum Gasteiger partial charge on any atom is -0.438 e. The molecule has 6 nitrogen and oxygen atoms in total. The molecule has 0 atom stereocenters. The number of aliphatic imine (C=N–C) groups is 1. The van der Waals surface area contributed by atoms with Crippen LogP contribution < -0.4 is 10.6 Å². The van der Waals surface area contributed by atoms with Crippen molar-refractivity contribution in [3.05, 3.63) is 30.6 Å². The summed E-state index contributed by atoms with van der Waals surface area (Å²) in [5.41, 5.74) is -0.00556. The highest BCUT2D eigenvalue weighted by atomic mass is 16.3. The van der Waals surface area contributed by atoms with Gasteiger partial charge in [-0.15, -0.1) is 0 Å². The Morgan fingerprint density at radius 3 is 2.72 bits per heavy atom. The predicted molar refractivity (Wildman–Crippen MR) is 69.4 cm³/mol. The van der Waals surface area contributed by atoms with E-state index in [1.165, 1.54) is 12.6 Å². The first kappa shape index (κ1) is 14.0. The van der Waals surface area contributed by atoms with Crippen LogP contribution in [0.2, 0.25) is 0 Å².